The minimum atomic E-state index is -0.181. The zero-order chi connectivity index (χ0) is 16.7. The zero-order valence-electron chi connectivity index (χ0n) is 12.8. The number of thiazole rings is 1. The Morgan fingerprint density at radius 1 is 1.21 bits per heavy atom. The lowest BCUT2D eigenvalue weighted by Crippen LogP contribution is -2.30. The van der Waals surface area contributed by atoms with Crippen LogP contribution in [0.3, 0.4) is 0 Å². The van der Waals surface area contributed by atoms with Gasteiger partial charge in [0.05, 0.1) is 10.2 Å². The van der Waals surface area contributed by atoms with E-state index in [9.17, 15) is 4.79 Å². The molecule has 0 radical (unpaired) electrons. The lowest BCUT2D eigenvalue weighted by Gasteiger charge is -2.08. The molecule has 0 aliphatic carbocycles. The van der Waals surface area contributed by atoms with Crippen LogP contribution >= 0.6 is 23.6 Å². The molecule has 1 aromatic heterocycles. The molecule has 2 heterocycles. The van der Waals surface area contributed by atoms with Crippen molar-refractivity contribution in [2.75, 3.05) is 4.90 Å². The van der Waals surface area contributed by atoms with E-state index in [4.69, 9.17) is 12.2 Å². The van der Waals surface area contributed by atoms with E-state index in [2.05, 4.69) is 16.4 Å². The summed E-state index contributed by atoms with van der Waals surface area (Å²) in [6.07, 6.45) is 1.80. The minimum Gasteiger partial charge on any atom is -0.327 e. The number of amides is 1. The van der Waals surface area contributed by atoms with Crippen LogP contribution in [0.5, 0.6) is 0 Å². The maximum atomic E-state index is 12.7. The second-order valence-electron chi connectivity index (χ2n) is 5.51. The van der Waals surface area contributed by atoms with Crippen LogP contribution in [0.15, 0.2) is 54.2 Å². The molecule has 2 aromatic carbocycles. The van der Waals surface area contributed by atoms with E-state index in [1.165, 1.54) is 16.2 Å². The lowest BCUT2D eigenvalue weighted by molar-refractivity contribution is -0.113. The van der Waals surface area contributed by atoms with Gasteiger partial charge in [0.15, 0.2) is 10.2 Å². The third-order valence-electron chi connectivity index (χ3n) is 3.71. The molecule has 1 saturated heterocycles. The number of aromatic nitrogens is 1. The Kier molecular flexibility index (Phi) is 3.63. The van der Waals surface area contributed by atoms with Gasteiger partial charge in [0.2, 0.25) is 0 Å². The summed E-state index contributed by atoms with van der Waals surface area (Å²) >= 11 is 6.81. The van der Waals surface area contributed by atoms with E-state index in [1.54, 1.807) is 6.08 Å². The molecule has 24 heavy (non-hydrogen) atoms. The predicted molar refractivity (Wildman–Crippen MR) is 102 cm³/mol. The summed E-state index contributed by atoms with van der Waals surface area (Å²) in [6, 6.07) is 15.7. The largest absolute Gasteiger partial charge is 0.327 e. The van der Waals surface area contributed by atoms with Crippen molar-refractivity contribution in [2.45, 2.75) is 6.92 Å². The van der Waals surface area contributed by atoms with E-state index in [1.807, 2.05) is 49.4 Å². The van der Waals surface area contributed by atoms with Crippen LogP contribution in [0.1, 0.15) is 11.1 Å². The Morgan fingerprint density at radius 2 is 2.00 bits per heavy atom. The molecule has 0 saturated carbocycles. The first kappa shape index (κ1) is 15.0. The maximum Gasteiger partial charge on any atom is 0.282 e. The first-order valence-corrected chi connectivity index (χ1v) is 8.64. The number of anilines is 1. The average Bonchev–Trinajstić information content (AvgIpc) is 3.08. The molecule has 118 valence electrons. The van der Waals surface area contributed by atoms with Crippen LogP contribution in [-0.4, -0.2) is 16.0 Å². The van der Waals surface area contributed by atoms with Gasteiger partial charge in [-0.25, -0.2) is 9.88 Å². The average molecular weight is 351 g/mol. The minimum absolute atomic E-state index is 0.181. The van der Waals surface area contributed by atoms with Crippen molar-refractivity contribution in [3.63, 3.8) is 0 Å². The highest BCUT2D eigenvalue weighted by atomic mass is 32.1. The van der Waals surface area contributed by atoms with E-state index in [0.29, 0.717) is 15.9 Å². The van der Waals surface area contributed by atoms with Gasteiger partial charge in [-0.15, -0.1) is 0 Å². The molecule has 1 fully saturated rings. The summed E-state index contributed by atoms with van der Waals surface area (Å²) in [4.78, 5) is 18.7. The fraction of sp³-hybridized carbons (Fsp3) is 0.0556. The topological polar surface area (TPSA) is 45.2 Å². The third-order valence-corrected chi connectivity index (χ3v) is 5.00. The van der Waals surface area contributed by atoms with Crippen LogP contribution in [-0.2, 0) is 4.79 Å². The molecule has 1 amide bonds. The number of nitrogens with one attached hydrogen (secondary N) is 1. The fourth-order valence-corrected chi connectivity index (χ4v) is 3.95. The van der Waals surface area contributed by atoms with Crippen LogP contribution in [0, 0.1) is 6.92 Å². The lowest BCUT2D eigenvalue weighted by atomic mass is 10.2. The second kappa shape index (κ2) is 5.81. The van der Waals surface area contributed by atoms with Crippen molar-refractivity contribution in [3.8, 4) is 0 Å². The summed E-state index contributed by atoms with van der Waals surface area (Å²) in [7, 11) is 0. The second-order valence-corrected chi connectivity index (χ2v) is 6.90. The van der Waals surface area contributed by atoms with Gasteiger partial charge in [-0.05, 0) is 48.5 Å². The molecule has 0 spiro atoms. The van der Waals surface area contributed by atoms with E-state index in [0.717, 1.165) is 21.3 Å². The van der Waals surface area contributed by atoms with Crippen LogP contribution in [0.4, 0.5) is 5.13 Å². The number of carbonyl (C=O) groups is 1. The predicted octanol–water partition coefficient (Wildman–Crippen LogP) is 3.87. The molecular formula is C18H13N3OS2. The number of hydrogen-bond acceptors (Lipinski definition) is 4. The molecule has 0 bridgehead atoms. The Morgan fingerprint density at radius 3 is 2.79 bits per heavy atom. The molecule has 4 nitrogen and oxygen atoms in total. The van der Waals surface area contributed by atoms with Crippen LogP contribution in [0.2, 0.25) is 0 Å². The monoisotopic (exact) mass is 351 g/mol. The summed E-state index contributed by atoms with van der Waals surface area (Å²) in [5, 5.41) is 3.94. The van der Waals surface area contributed by atoms with E-state index >= 15 is 0 Å². The Bertz CT molecular complexity index is 992. The Hall–Kier alpha value is -2.57. The van der Waals surface area contributed by atoms with E-state index < -0.39 is 0 Å². The smallest absolute Gasteiger partial charge is 0.282 e. The van der Waals surface area contributed by atoms with Gasteiger partial charge in [0.25, 0.3) is 5.91 Å². The first-order valence-electron chi connectivity index (χ1n) is 7.41. The van der Waals surface area contributed by atoms with Crippen molar-refractivity contribution in [1.82, 2.24) is 10.3 Å². The molecule has 1 N–H and O–H groups in total. The number of rotatable bonds is 2. The molecule has 1 aliphatic rings. The Labute approximate surface area is 148 Å². The van der Waals surface area contributed by atoms with Gasteiger partial charge >= 0.3 is 0 Å². The molecule has 1 aliphatic heterocycles. The van der Waals surface area contributed by atoms with Gasteiger partial charge in [0, 0.05) is 0 Å². The summed E-state index contributed by atoms with van der Waals surface area (Å²) in [5.74, 6) is -0.181. The number of benzene rings is 2. The molecule has 3 aromatic rings. The fourth-order valence-electron chi connectivity index (χ4n) is 2.54. The first-order chi connectivity index (χ1) is 11.6. The van der Waals surface area contributed by atoms with Crippen LogP contribution in [0.25, 0.3) is 16.3 Å². The van der Waals surface area contributed by atoms with Crippen molar-refractivity contribution in [2.24, 2.45) is 0 Å². The molecule has 0 unspecified atom stereocenters. The van der Waals surface area contributed by atoms with Gasteiger partial charge in [-0.3, -0.25) is 4.79 Å². The number of carbonyl (C=O) groups excluding carboxylic acids is 1. The van der Waals surface area contributed by atoms with Gasteiger partial charge in [-0.2, -0.15) is 0 Å². The normalized spacial score (nSPS) is 16.2. The highest BCUT2D eigenvalue weighted by molar-refractivity contribution is 7.80. The number of fused-ring (bicyclic) bond motifs is 1. The van der Waals surface area contributed by atoms with Gasteiger partial charge in [-0.1, -0.05) is 47.7 Å². The highest BCUT2D eigenvalue weighted by Gasteiger charge is 2.34. The van der Waals surface area contributed by atoms with Gasteiger partial charge < -0.3 is 5.32 Å². The van der Waals surface area contributed by atoms with E-state index in [-0.39, 0.29) is 5.91 Å². The van der Waals surface area contributed by atoms with Crippen molar-refractivity contribution >= 4 is 56.0 Å². The number of nitrogens with zero attached hydrogens (tertiary/aromatic N) is 2. The number of aryl methyl sites for hydroxylation is 1. The molecule has 6 heteroatoms. The third kappa shape index (κ3) is 2.60. The SMILES string of the molecule is Cc1ccc2nc(N3C(=O)/C(=C\c4ccccc4)NC3=S)sc2c1. The molecular weight excluding hydrogens is 338 g/mol. The summed E-state index contributed by atoms with van der Waals surface area (Å²) in [5.41, 5.74) is 3.44. The molecule has 4 rings (SSSR count). The van der Waals surface area contributed by atoms with Gasteiger partial charge in [0.1, 0.15) is 5.70 Å². The highest BCUT2D eigenvalue weighted by Crippen LogP contribution is 2.32. The summed E-state index contributed by atoms with van der Waals surface area (Å²) < 4.78 is 1.04. The standard InChI is InChI=1S/C18H13N3OS2/c1-11-7-8-13-15(9-11)24-18(20-13)21-16(22)14(19-17(21)23)10-12-5-3-2-4-6-12/h2-10H,1H3,(H,19,23)/b14-10+. The number of thiocarbonyl (C=S) groups is 1. The quantitative estimate of drug-likeness (QED) is 0.562. The Balaban J connectivity index is 1.71. The van der Waals surface area contributed by atoms with Crippen molar-refractivity contribution < 1.29 is 4.79 Å². The summed E-state index contributed by atoms with van der Waals surface area (Å²) in [6.45, 7) is 2.03. The van der Waals surface area contributed by atoms with Crippen molar-refractivity contribution in [3.05, 3.63) is 65.4 Å². The molecule has 0 atom stereocenters. The maximum absolute atomic E-state index is 12.7. The van der Waals surface area contributed by atoms with Crippen molar-refractivity contribution in [1.29, 1.82) is 0 Å². The zero-order valence-corrected chi connectivity index (χ0v) is 14.4. The number of hydrogen-bond donors (Lipinski definition) is 1. The van der Waals surface area contributed by atoms with Crippen LogP contribution < -0.4 is 10.2 Å².